The van der Waals surface area contributed by atoms with E-state index in [9.17, 15) is 9.59 Å². The van der Waals surface area contributed by atoms with Crippen molar-refractivity contribution >= 4 is 11.9 Å². The van der Waals surface area contributed by atoms with Gasteiger partial charge in [-0.15, -0.1) is 0 Å². The van der Waals surface area contributed by atoms with Crippen LogP contribution in [0.2, 0.25) is 0 Å². The number of nitrogens with two attached hydrogens (primary N) is 2. The predicted molar refractivity (Wildman–Crippen MR) is 31.2 cm³/mol. The largest absolute Gasteiger partial charge is 0.479 e. The van der Waals surface area contributed by atoms with Crippen molar-refractivity contribution in [1.29, 1.82) is 0 Å². The van der Waals surface area contributed by atoms with E-state index in [1.165, 1.54) is 0 Å². The minimum atomic E-state index is -2.35. The molecule has 0 aliphatic heterocycles. The van der Waals surface area contributed by atoms with E-state index in [0.29, 0.717) is 0 Å². The van der Waals surface area contributed by atoms with Gasteiger partial charge in [0.1, 0.15) is 0 Å². The fraction of sp³-hybridized carbons (Fsp3) is 0.500. The Morgan fingerprint density at radius 2 is 1.60 bits per heavy atom. The number of carboxylic acids is 2. The maximum absolute atomic E-state index is 10.1. The van der Waals surface area contributed by atoms with E-state index in [-0.39, 0.29) is 0 Å². The molecule has 6 N–H and O–H groups in total. The van der Waals surface area contributed by atoms with E-state index in [2.05, 4.69) is 0 Å². The Morgan fingerprint density at radius 1 is 1.30 bits per heavy atom. The van der Waals surface area contributed by atoms with Crippen LogP contribution in [0.1, 0.15) is 0 Å². The first-order valence-corrected chi connectivity index (χ1v) is 2.41. The molecule has 0 saturated heterocycles. The molecule has 58 valence electrons. The van der Waals surface area contributed by atoms with E-state index < -0.39 is 24.0 Å². The minimum Gasteiger partial charge on any atom is -0.479 e. The van der Waals surface area contributed by atoms with Crippen LogP contribution in [0.25, 0.3) is 0 Å². The molecule has 0 amide bonds. The third-order valence-electron chi connectivity index (χ3n) is 1.09. The van der Waals surface area contributed by atoms with Gasteiger partial charge in [0.25, 0.3) is 0 Å². The number of hydrogen-bond donors (Lipinski definition) is 4. The Hall–Kier alpha value is -1.14. The van der Waals surface area contributed by atoms with Gasteiger partial charge in [-0.25, -0.2) is 9.59 Å². The van der Waals surface area contributed by atoms with Gasteiger partial charge in [-0.1, -0.05) is 0 Å². The van der Waals surface area contributed by atoms with Gasteiger partial charge < -0.3 is 21.7 Å². The molecule has 0 unspecified atom stereocenters. The van der Waals surface area contributed by atoms with Crippen molar-refractivity contribution in [3.63, 3.8) is 0 Å². The molecule has 0 atom stereocenters. The van der Waals surface area contributed by atoms with Gasteiger partial charge in [-0.3, -0.25) is 0 Å². The lowest BCUT2D eigenvalue weighted by Gasteiger charge is -2.15. The Labute approximate surface area is 56.4 Å². The lowest BCUT2D eigenvalue weighted by molar-refractivity contribution is -0.156. The second kappa shape index (κ2) is 2.63. The molecular weight excluding hydrogens is 140 g/mol. The Bertz CT molecular complexity index is 153. The highest BCUT2D eigenvalue weighted by Gasteiger charge is 2.40. The fourth-order valence-corrected chi connectivity index (χ4v) is 0.266. The van der Waals surface area contributed by atoms with Crippen LogP contribution in [-0.4, -0.2) is 34.2 Å². The molecule has 6 heteroatoms. The molecule has 6 nitrogen and oxygen atoms in total. The zero-order valence-corrected chi connectivity index (χ0v) is 5.07. The van der Waals surface area contributed by atoms with E-state index in [1.807, 2.05) is 0 Å². The molecule has 0 heterocycles. The topological polar surface area (TPSA) is 127 Å². The first-order valence-electron chi connectivity index (χ1n) is 2.41. The summed E-state index contributed by atoms with van der Waals surface area (Å²) in [7, 11) is 0. The second-order valence-electron chi connectivity index (χ2n) is 1.79. The average Bonchev–Trinajstić information content (AvgIpc) is 1.85. The van der Waals surface area contributed by atoms with Gasteiger partial charge in [0.15, 0.2) is 0 Å². The smallest absolute Gasteiger partial charge is 0.336 e. The Morgan fingerprint density at radius 3 is 1.60 bits per heavy atom. The predicted octanol–water partition coefficient (Wildman–Crippen LogP) is -2.19. The van der Waals surface area contributed by atoms with Crippen molar-refractivity contribution in [2.75, 3.05) is 6.54 Å². The molecule has 0 rings (SSSR count). The van der Waals surface area contributed by atoms with Crippen LogP contribution in [0, 0.1) is 0 Å². The zero-order valence-electron chi connectivity index (χ0n) is 5.07. The summed E-state index contributed by atoms with van der Waals surface area (Å²) < 4.78 is 0. The van der Waals surface area contributed by atoms with Crippen LogP contribution in [0.15, 0.2) is 0 Å². The lowest BCUT2D eigenvalue weighted by Crippen LogP contribution is -2.60. The zero-order chi connectivity index (χ0) is 8.36. The number of hydrogen-bond acceptors (Lipinski definition) is 4. The molecule has 0 spiro atoms. The summed E-state index contributed by atoms with van der Waals surface area (Å²) >= 11 is 0. The van der Waals surface area contributed by atoms with E-state index in [4.69, 9.17) is 21.7 Å². The molecule has 0 aliphatic rings. The van der Waals surface area contributed by atoms with Crippen molar-refractivity contribution in [2.24, 2.45) is 11.5 Å². The maximum Gasteiger partial charge on any atom is 0.336 e. The van der Waals surface area contributed by atoms with Crippen molar-refractivity contribution in [2.45, 2.75) is 5.54 Å². The fourth-order valence-electron chi connectivity index (χ4n) is 0.266. The molecule has 0 fully saturated rings. The Kier molecular flexibility index (Phi) is 2.33. The standard InChI is InChI=1S/C4H8N2O4/c5-1-4(6,2(7)8)3(9)10/h1,5-6H2,(H,7,8)(H,9,10). The molecule has 0 aliphatic carbocycles. The first kappa shape index (κ1) is 8.86. The summed E-state index contributed by atoms with van der Waals surface area (Å²) in [5, 5.41) is 16.4. The maximum atomic E-state index is 10.1. The normalized spacial score (nSPS) is 11.0. The highest BCUT2D eigenvalue weighted by Crippen LogP contribution is 1.97. The number of aliphatic carboxylic acids is 2. The minimum absolute atomic E-state index is 0.627. The molecule has 0 saturated carbocycles. The van der Waals surface area contributed by atoms with Crippen molar-refractivity contribution < 1.29 is 19.8 Å². The molecule has 0 aromatic rings. The molecule has 0 bridgehead atoms. The lowest BCUT2D eigenvalue weighted by atomic mass is 10.0. The summed E-state index contributed by atoms with van der Waals surface area (Å²) in [4.78, 5) is 20.2. The summed E-state index contributed by atoms with van der Waals surface area (Å²) in [6.07, 6.45) is 0. The number of carboxylic acid groups (broad SMARTS) is 2. The highest BCUT2D eigenvalue weighted by atomic mass is 16.4. The third-order valence-corrected chi connectivity index (χ3v) is 1.09. The van der Waals surface area contributed by atoms with Gasteiger partial charge in [0.05, 0.1) is 0 Å². The van der Waals surface area contributed by atoms with Gasteiger partial charge in [0, 0.05) is 6.54 Å². The van der Waals surface area contributed by atoms with Gasteiger partial charge in [-0.05, 0) is 0 Å². The molecule has 0 aromatic heterocycles. The number of rotatable bonds is 3. The van der Waals surface area contributed by atoms with Crippen LogP contribution >= 0.6 is 0 Å². The van der Waals surface area contributed by atoms with Crippen LogP contribution in [0.5, 0.6) is 0 Å². The van der Waals surface area contributed by atoms with E-state index >= 15 is 0 Å². The summed E-state index contributed by atoms with van der Waals surface area (Å²) in [5.41, 5.74) is 7.33. The van der Waals surface area contributed by atoms with Crippen molar-refractivity contribution in [3.05, 3.63) is 0 Å². The molecule has 0 radical (unpaired) electrons. The van der Waals surface area contributed by atoms with Crippen molar-refractivity contribution in [1.82, 2.24) is 0 Å². The summed E-state index contributed by atoms with van der Waals surface area (Å²) in [6, 6.07) is 0. The van der Waals surface area contributed by atoms with Gasteiger partial charge in [-0.2, -0.15) is 0 Å². The molecular formula is C4H8N2O4. The Balaban J connectivity index is 4.55. The van der Waals surface area contributed by atoms with Crippen LogP contribution in [0.3, 0.4) is 0 Å². The third kappa shape index (κ3) is 1.23. The molecule has 0 aromatic carbocycles. The first-order chi connectivity index (χ1) is 4.45. The monoisotopic (exact) mass is 148 g/mol. The van der Waals surface area contributed by atoms with Gasteiger partial charge >= 0.3 is 11.9 Å². The van der Waals surface area contributed by atoms with Gasteiger partial charge in [0.2, 0.25) is 5.54 Å². The van der Waals surface area contributed by atoms with E-state index in [1.54, 1.807) is 0 Å². The SMILES string of the molecule is NCC(N)(C(=O)O)C(=O)O. The van der Waals surface area contributed by atoms with Crippen molar-refractivity contribution in [3.8, 4) is 0 Å². The number of carbonyl (C=O) groups is 2. The van der Waals surface area contributed by atoms with Crippen LogP contribution in [0.4, 0.5) is 0 Å². The summed E-state index contributed by atoms with van der Waals surface area (Å²) in [6.45, 7) is -0.627. The molecule has 10 heavy (non-hydrogen) atoms. The van der Waals surface area contributed by atoms with Crippen LogP contribution in [-0.2, 0) is 9.59 Å². The average molecular weight is 148 g/mol. The second-order valence-corrected chi connectivity index (χ2v) is 1.79. The summed E-state index contributed by atoms with van der Waals surface area (Å²) in [5.74, 6) is -3.27. The van der Waals surface area contributed by atoms with Crippen LogP contribution < -0.4 is 11.5 Å². The van der Waals surface area contributed by atoms with E-state index in [0.717, 1.165) is 0 Å². The quantitative estimate of drug-likeness (QED) is 0.337. The highest BCUT2D eigenvalue weighted by molar-refractivity contribution is 6.03.